The molecule has 0 fully saturated rings. The number of hydrogen-bond donors (Lipinski definition) is 2. The smallest absolute Gasteiger partial charge is 0.306 e. The molecular weight excluding hydrogens is 212 g/mol. The molecule has 0 saturated heterocycles. The van der Waals surface area contributed by atoms with Gasteiger partial charge < -0.3 is 10.6 Å². The molecule has 0 unspecified atom stereocenters. The number of thiophene rings is 1. The van der Waals surface area contributed by atoms with Gasteiger partial charge in [-0.05, 0) is 0 Å². The van der Waals surface area contributed by atoms with Crippen LogP contribution in [0.5, 0.6) is 0 Å². The number of rotatable bonds is 0. The highest BCUT2D eigenvalue weighted by Crippen LogP contribution is 2.38. The molecule has 0 radical (unpaired) electrons. The minimum absolute atomic E-state index is 0.315. The Morgan fingerprint density at radius 3 is 3.13 bits per heavy atom. The molecule has 1 aliphatic rings. The highest BCUT2D eigenvalue weighted by molar-refractivity contribution is 7.17. The molecule has 0 aliphatic carbocycles. The molecule has 2 aromatic rings. The highest BCUT2D eigenvalue weighted by atomic mass is 32.1. The summed E-state index contributed by atoms with van der Waals surface area (Å²) in [6.07, 6.45) is 1.48. The van der Waals surface area contributed by atoms with Crippen LogP contribution in [0.2, 0.25) is 0 Å². The fourth-order valence-corrected chi connectivity index (χ4v) is 2.43. The first-order chi connectivity index (χ1) is 7.29. The van der Waals surface area contributed by atoms with Crippen LogP contribution in [-0.2, 0) is 0 Å². The Kier molecular flexibility index (Phi) is 1.47. The predicted octanol–water partition coefficient (Wildman–Crippen LogP) is 2.13. The Morgan fingerprint density at radius 2 is 2.33 bits per heavy atom. The summed E-state index contributed by atoms with van der Waals surface area (Å²) in [6.45, 7) is 0. The van der Waals surface area contributed by atoms with Crippen LogP contribution in [0, 0.1) is 11.3 Å². The quantitative estimate of drug-likeness (QED) is 0.708. The number of amides is 2. The van der Waals surface area contributed by atoms with Gasteiger partial charge >= 0.3 is 6.03 Å². The van der Waals surface area contributed by atoms with Gasteiger partial charge in [0.2, 0.25) is 0 Å². The lowest BCUT2D eigenvalue weighted by atomic mass is 10.1. The van der Waals surface area contributed by atoms with E-state index in [1.165, 1.54) is 17.5 Å². The molecule has 72 valence electrons. The molecule has 1 aliphatic heterocycles. The molecule has 5 nitrogen and oxygen atoms in total. The molecule has 6 heteroatoms. The monoisotopic (exact) mass is 216 g/mol. The summed E-state index contributed by atoms with van der Waals surface area (Å²) in [7, 11) is 0. The maximum absolute atomic E-state index is 11.3. The number of nitriles is 1. The number of urea groups is 1. The minimum atomic E-state index is -0.315. The lowest BCUT2D eigenvalue weighted by Crippen LogP contribution is -2.23. The summed E-state index contributed by atoms with van der Waals surface area (Å²) in [5.41, 5.74) is 1.66. The number of anilines is 2. The minimum Gasteiger partial charge on any atom is -0.306 e. The summed E-state index contributed by atoms with van der Waals surface area (Å²) >= 11 is 1.44. The number of nitrogens with zero attached hydrogens (tertiary/aromatic N) is 2. The van der Waals surface area contributed by atoms with Crippen molar-refractivity contribution in [3.8, 4) is 6.07 Å². The predicted molar refractivity (Wildman–Crippen MR) is 57.0 cm³/mol. The Morgan fingerprint density at radius 1 is 1.47 bits per heavy atom. The van der Waals surface area contributed by atoms with Gasteiger partial charge in [-0.2, -0.15) is 5.26 Å². The maximum atomic E-state index is 11.3. The van der Waals surface area contributed by atoms with Crippen LogP contribution in [0.25, 0.3) is 10.2 Å². The van der Waals surface area contributed by atoms with Crippen LogP contribution < -0.4 is 10.6 Å². The second-order valence-electron chi connectivity index (χ2n) is 3.07. The van der Waals surface area contributed by atoms with E-state index in [4.69, 9.17) is 5.26 Å². The Hall–Kier alpha value is -2.13. The van der Waals surface area contributed by atoms with Crippen molar-refractivity contribution in [2.75, 3.05) is 10.6 Å². The fourth-order valence-electron chi connectivity index (χ4n) is 1.58. The SMILES string of the molecule is N#Cc1cnc2scc3c2c1NC(=O)N3. The number of hydrogen-bond acceptors (Lipinski definition) is 4. The zero-order valence-electron chi connectivity index (χ0n) is 7.37. The highest BCUT2D eigenvalue weighted by Gasteiger charge is 2.21. The molecule has 3 heterocycles. The van der Waals surface area contributed by atoms with Crippen molar-refractivity contribution in [3.05, 3.63) is 17.1 Å². The van der Waals surface area contributed by atoms with E-state index in [9.17, 15) is 4.79 Å². The summed E-state index contributed by atoms with van der Waals surface area (Å²) in [6, 6.07) is 1.69. The van der Waals surface area contributed by atoms with E-state index >= 15 is 0 Å². The van der Waals surface area contributed by atoms with Gasteiger partial charge in [0.1, 0.15) is 10.9 Å². The van der Waals surface area contributed by atoms with Crippen molar-refractivity contribution in [1.82, 2.24) is 4.98 Å². The standard InChI is InChI=1S/C9H4N4OS/c10-1-4-2-11-8-6-5(3-15-8)12-9(14)13-7(4)6/h2-3H,(H2,12,13,14). The Balaban J connectivity index is 2.46. The average molecular weight is 216 g/mol. The van der Waals surface area contributed by atoms with Gasteiger partial charge in [0.05, 0.1) is 22.3 Å². The second kappa shape index (κ2) is 2.68. The van der Waals surface area contributed by atoms with Gasteiger partial charge in [0.15, 0.2) is 0 Å². The van der Waals surface area contributed by atoms with Crippen LogP contribution in [0.1, 0.15) is 5.56 Å². The zero-order valence-corrected chi connectivity index (χ0v) is 8.18. The topological polar surface area (TPSA) is 77.8 Å². The average Bonchev–Trinajstić information content (AvgIpc) is 2.63. The van der Waals surface area contributed by atoms with Crippen LogP contribution in [0.15, 0.2) is 11.6 Å². The molecule has 2 N–H and O–H groups in total. The van der Waals surface area contributed by atoms with E-state index < -0.39 is 0 Å². The van der Waals surface area contributed by atoms with Crippen LogP contribution in [-0.4, -0.2) is 11.0 Å². The number of nitrogens with one attached hydrogen (secondary N) is 2. The summed E-state index contributed by atoms with van der Waals surface area (Å²) in [5.74, 6) is 0. The molecule has 0 aromatic carbocycles. The van der Waals surface area contributed by atoms with E-state index in [-0.39, 0.29) is 6.03 Å². The molecule has 0 bridgehead atoms. The third-order valence-corrected chi connectivity index (χ3v) is 3.10. The van der Waals surface area contributed by atoms with E-state index in [0.29, 0.717) is 11.3 Å². The van der Waals surface area contributed by atoms with Crippen molar-refractivity contribution in [2.45, 2.75) is 0 Å². The van der Waals surface area contributed by atoms with Crippen LogP contribution in [0.4, 0.5) is 16.2 Å². The largest absolute Gasteiger partial charge is 0.323 e. The summed E-state index contributed by atoms with van der Waals surface area (Å²) < 4.78 is 0. The number of pyridine rings is 1. The Bertz CT molecular complexity index is 625. The first-order valence-electron chi connectivity index (χ1n) is 4.18. The third-order valence-electron chi connectivity index (χ3n) is 2.21. The van der Waals surface area contributed by atoms with E-state index in [1.807, 2.05) is 11.4 Å². The molecule has 2 aromatic heterocycles. The molecule has 2 amide bonds. The number of aromatic nitrogens is 1. The molecule has 0 spiro atoms. The molecule has 0 atom stereocenters. The van der Waals surface area contributed by atoms with Gasteiger partial charge in [0, 0.05) is 11.6 Å². The Labute approximate surface area is 88.4 Å². The third kappa shape index (κ3) is 1.01. The van der Waals surface area contributed by atoms with Crippen molar-refractivity contribution in [2.24, 2.45) is 0 Å². The first-order valence-corrected chi connectivity index (χ1v) is 5.06. The lowest BCUT2D eigenvalue weighted by Gasteiger charge is -2.15. The van der Waals surface area contributed by atoms with Gasteiger partial charge in [-0.25, -0.2) is 9.78 Å². The molecule has 0 saturated carbocycles. The van der Waals surface area contributed by atoms with Crippen LogP contribution >= 0.6 is 11.3 Å². The van der Waals surface area contributed by atoms with Gasteiger partial charge in [0.25, 0.3) is 0 Å². The fraction of sp³-hybridized carbons (Fsp3) is 0. The summed E-state index contributed by atoms with van der Waals surface area (Å²) in [5, 5.41) is 16.8. The van der Waals surface area contributed by atoms with Gasteiger partial charge in [-0.1, -0.05) is 0 Å². The van der Waals surface area contributed by atoms with E-state index in [2.05, 4.69) is 15.6 Å². The molecule has 15 heavy (non-hydrogen) atoms. The van der Waals surface area contributed by atoms with Gasteiger partial charge in [-0.15, -0.1) is 11.3 Å². The van der Waals surface area contributed by atoms with Crippen molar-refractivity contribution >= 4 is 39.0 Å². The van der Waals surface area contributed by atoms with Crippen molar-refractivity contribution in [3.63, 3.8) is 0 Å². The van der Waals surface area contributed by atoms with Crippen molar-refractivity contribution in [1.29, 1.82) is 5.26 Å². The molecular formula is C9H4N4OS. The van der Waals surface area contributed by atoms with Crippen LogP contribution in [0.3, 0.4) is 0 Å². The van der Waals surface area contributed by atoms with E-state index in [0.717, 1.165) is 15.9 Å². The molecule has 3 rings (SSSR count). The number of carbonyl (C=O) groups is 1. The normalized spacial score (nSPS) is 13.1. The van der Waals surface area contributed by atoms with Gasteiger partial charge in [-0.3, -0.25) is 0 Å². The number of carbonyl (C=O) groups excluding carboxylic acids is 1. The first kappa shape index (κ1) is 8.20. The van der Waals surface area contributed by atoms with E-state index in [1.54, 1.807) is 0 Å². The zero-order chi connectivity index (χ0) is 10.4. The van der Waals surface area contributed by atoms with Crippen molar-refractivity contribution < 1.29 is 4.79 Å². The second-order valence-corrected chi connectivity index (χ2v) is 3.93. The summed E-state index contributed by atoms with van der Waals surface area (Å²) in [4.78, 5) is 16.2. The lowest BCUT2D eigenvalue weighted by molar-refractivity contribution is 0.262. The maximum Gasteiger partial charge on any atom is 0.323 e.